The van der Waals surface area contributed by atoms with Crippen molar-refractivity contribution >= 4 is 40.7 Å². The van der Waals surface area contributed by atoms with E-state index in [2.05, 4.69) is 14.9 Å². The van der Waals surface area contributed by atoms with Crippen molar-refractivity contribution in [2.45, 2.75) is 28.3 Å². The largest absolute Gasteiger partial charge is 0.397 e. The first-order valence-corrected chi connectivity index (χ1v) is 9.10. The van der Waals surface area contributed by atoms with Crippen molar-refractivity contribution in [3.8, 4) is 0 Å². The van der Waals surface area contributed by atoms with Crippen LogP contribution in [0.4, 0.5) is 17.3 Å². The van der Waals surface area contributed by atoms with Gasteiger partial charge in [0.2, 0.25) is 0 Å². The van der Waals surface area contributed by atoms with E-state index < -0.39 is 5.54 Å². The third kappa shape index (κ3) is 3.92. The molecule has 0 aliphatic carbocycles. The summed E-state index contributed by atoms with van der Waals surface area (Å²) in [5, 5.41) is 10.4. The first kappa shape index (κ1) is 18.1. The lowest BCUT2D eigenvalue weighted by Crippen LogP contribution is -2.53. The van der Waals surface area contributed by atoms with Crippen molar-refractivity contribution in [1.82, 2.24) is 9.97 Å². The van der Waals surface area contributed by atoms with Gasteiger partial charge in [0.25, 0.3) is 0 Å². The predicted octanol–water partition coefficient (Wildman–Crippen LogP) is 1.74. The molecule has 0 atom stereocenters. The van der Waals surface area contributed by atoms with E-state index in [1.54, 1.807) is 12.3 Å². The number of nitrogens with two attached hydrogens (primary N) is 3. The van der Waals surface area contributed by atoms with Gasteiger partial charge in [0.05, 0.1) is 23.5 Å². The maximum atomic E-state index is 9.36. The second-order valence-electron chi connectivity index (χ2n) is 6.19. The van der Waals surface area contributed by atoms with Gasteiger partial charge in [0, 0.05) is 23.5 Å². The number of rotatable bonds is 4. The number of nitrogens with zero attached hydrogens (tertiary/aromatic N) is 3. The minimum atomic E-state index is -0.505. The molecule has 1 aliphatic rings. The summed E-state index contributed by atoms with van der Waals surface area (Å²) in [5.74, 6) is 1.05. The van der Waals surface area contributed by atoms with Crippen molar-refractivity contribution in [2.75, 3.05) is 36.1 Å². The van der Waals surface area contributed by atoms with E-state index in [0.717, 1.165) is 4.90 Å². The highest BCUT2D eigenvalue weighted by Gasteiger charge is 2.30. The van der Waals surface area contributed by atoms with Gasteiger partial charge in [-0.25, -0.2) is 9.97 Å². The predicted molar refractivity (Wildman–Crippen MR) is 102 cm³/mol. The Morgan fingerprint density at radius 2 is 2.00 bits per heavy atom. The van der Waals surface area contributed by atoms with Crippen LogP contribution in [0.25, 0.3) is 0 Å². The Labute approximate surface area is 155 Å². The highest BCUT2D eigenvalue weighted by atomic mass is 35.5. The van der Waals surface area contributed by atoms with Crippen LogP contribution in [0.1, 0.15) is 12.8 Å². The Hall–Kier alpha value is -1.74. The van der Waals surface area contributed by atoms with Crippen LogP contribution in [0.15, 0.2) is 34.3 Å². The Morgan fingerprint density at radius 1 is 1.28 bits per heavy atom. The van der Waals surface area contributed by atoms with Crippen LogP contribution in [0.5, 0.6) is 0 Å². The van der Waals surface area contributed by atoms with Gasteiger partial charge in [0.1, 0.15) is 10.8 Å². The summed E-state index contributed by atoms with van der Waals surface area (Å²) in [5.41, 5.74) is 18.0. The average molecular weight is 381 g/mol. The lowest BCUT2D eigenvalue weighted by atomic mass is 9.90. The number of nitrogen functional groups attached to an aromatic ring is 2. The van der Waals surface area contributed by atoms with Gasteiger partial charge in [-0.1, -0.05) is 29.4 Å². The summed E-state index contributed by atoms with van der Waals surface area (Å²) < 4.78 is 0. The van der Waals surface area contributed by atoms with E-state index in [1.165, 1.54) is 11.8 Å². The van der Waals surface area contributed by atoms with Crippen LogP contribution < -0.4 is 22.1 Å². The smallest absolute Gasteiger partial charge is 0.158 e. The molecular weight excluding hydrogens is 360 g/mol. The van der Waals surface area contributed by atoms with Gasteiger partial charge >= 0.3 is 0 Å². The maximum Gasteiger partial charge on any atom is 0.158 e. The van der Waals surface area contributed by atoms with Crippen LogP contribution in [-0.2, 0) is 0 Å². The number of aliphatic hydroxyl groups excluding tert-OH is 1. The summed E-state index contributed by atoms with van der Waals surface area (Å²) >= 11 is 7.55. The number of anilines is 3. The molecule has 1 aliphatic heterocycles. The minimum Gasteiger partial charge on any atom is -0.397 e. The topological polar surface area (TPSA) is 127 Å². The number of aromatic nitrogens is 2. The van der Waals surface area contributed by atoms with Crippen molar-refractivity contribution < 1.29 is 5.11 Å². The lowest BCUT2D eigenvalue weighted by Gasteiger charge is -2.38. The summed E-state index contributed by atoms with van der Waals surface area (Å²) in [7, 11) is 0. The van der Waals surface area contributed by atoms with Crippen LogP contribution in [0.2, 0.25) is 5.02 Å². The molecule has 9 heteroatoms. The van der Waals surface area contributed by atoms with Crippen molar-refractivity contribution in [1.29, 1.82) is 0 Å². The van der Waals surface area contributed by atoms with Crippen molar-refractivity contribution in [3.05, 3.63) is 29.4 Å². The number of hydrogen-bond acceptors (Lipinski definition) is 8. The molecule has 2 aromatic rings. The fourth-order valence-electron chi connectivity index (χ4n) is 2.66. The second-order valence-corrected chi connectivity index (χ2v) is 7.60. The zero-order valence-electron chi connectivity index (χ0n) is 13.7. The number of piperidine rings is 1. The van der Waals surface area contributed by atoms with E-state index in [4.69, 9.17) is 28.8 Å². The third-order valence-corrected chi connectivity index (χ3v) is 5.95. The maximum absolute atomic E-state index is 9.36. The molecule has 1 aromatic carbocycles. The monoisotopic (exact) mass is 380 g/mol. The molecule has 2 heterocycles. The number of hydrogen-bond donors (Lipinski definition) is 4. The Bertz CT molecular complexity index is 766. The summed E-state index contributed by atoms with van der Waals surface area (Å²) in [6.45, 7) is 1.41. The molecule has 0 spiro atoms. The first-order chi connectivity index (χ1) is 11.9. The second kappa shape index (κ2) is 7.25. The van der Waals surface area contributed by atoms with Crippen LogP contribution >= 0.6 is 23.4 Å². The highest BCUT2D eigenvalue weighted by molar-refractivity contribution is 7.99. The molecule has 0 amide bonds. The molecule has 1 aromatic heterocycles. The Morgan fingerprint density at radius 3 is 2.64 bits per heavy atom. The van der Waals surface area contributed by atoms with Crippen LogP contribution in [0.3, 0.4) is 0 Å². The molecule has 1 fully saturated rings. The molecule has 0 unspecified atom stereocenters. The SMILES string of the molecule is Nc1cccc(Sc2ncc(N3CCC(N)(CO)CC3)nc2N)c1Cl. The van der Waals surface area contributed by atoms with E-state index >= 15 is 0 Å². The molecular formula is C16H21ClN6OS. The van der Waals surface area contributed by atoms with Gasteiger partial charge < -0.3 is 27.2 Å². The van der Waals surface area contributed by atoms with E-state index in [9.17, 15) is 5.11 Å². The first-order valence-electron chi connectivity index (χ1n) is 7.91. The summed E-state index contributed by atoms with van der Waals surface area (Å²) in [4.78, 5) is 11.7. The van der Waals surface area contributed by atoms with E-state index in [0.29, 0.717) is 53.3 Å². The van der Waals surface area contributed by atoms with Gasteiger partial charge in [-0.15, -0.1) is 0 Å². The van der Waals surface area contributed by atoms with E-state index in [-0.39, 0.29) is 6.61 Å². The van der Waals surface area contributed by atoms with Gasteiger partial charge in [0.15, 0.2) is 5.82 Å². The number of benzene rings is 1. The molecule has 0 radical (unpaired) electrons. The Balaban J connectivity index is 1.74. The fourth-order valence-corrected chi connectivity index (χ4v) is 3.72. The molecule has 134 valence electrons. The quantitative estimate of drug-likeness (QED) is 0.590. The van der Waals surface area contributed by atoms with Gasteiger partial charge in [-0.3, -0.25) is 0 Å². The zero-order valence-corrected chi connectivity index (χ0v) is 15.2. The standard InChI is InChI=1S/C16H21ClN6OS/c17-13-10(18)2-1-3-11(13)25-15-14(19)22-12(8-21-15)23-6-4-16(20,9-24)5-7-23/h1-3,8,24H,4-7,9,18,20H2,(H2,19,22). The summed E-state index contributed by atoms with van der Waals surface area (Å²) in [6.07, 6.45) is 3.09. The summed E-state index contributed by atoms with van der Waals surface area (Å²) in [6, 6.07) is 5.43. The van der Waals surface area contributed by atoms with Crippen molar-refractivity contribution in [2.24, 2.45) is 5.73 Å². The lowest BCUT2D eigenvalue weighted by molar-refractivity contribution is 0.170. The van der Waals surface area contributed by atoms with Crippen LogP contribution in [-0.4, -0.2) is 40.3 Å². The molecule has 1 saturated heterocycles. The molecule has 7 N–H and O–H groups in total. The highest BCUT2D eigenvalue weighted by Crippen LogP contribution is 2.37. The van der Waals surface area contributed by atoms with Crippen molar-refractivity contribution in [3.63, 3.8) is 0 Å². The number of aliphatic hydroxyl groups is 1. The van der Waals surface area contributed by atoms with E-state index in [1.807, 2.05) is 12.1 Å². The van der Waals surface area contributed by atoms with Gasteiger partial charge in [-0.05, 0) is 25.0 Å². The van der Waals surface area contributed by atoms with Gasteiger partial charge in [-0.2, -0.15) is 0 Å². The molecule has 0 saturated carbocycles. The van der Waals surface area contributed by atoms with Crippen LogP contribution in [0, 0.1) is 0 Å². The minimum absolute atomic E-state index is 0.00873. The third-order valence-electron chi connectivity index (χ3n) is 4.35. The fraction of sp³-hybridized carbons (Fsp3) is 0.375. The normalized spacial score (nSPS) is 16.8. The number of halogens is 1. The molecule has 0 bridgehead atoms. The molecule has 7 nitrogen and oxygen atoms in total. The Kier molecular flexibility index (Phi) is 5.24. The average Bonchev–Trinajstić information content (AvgIpc) is 2.61. The molecule has 3 rings (SSSR count). The zero-order chi connectivity index (χ0) is 18.0. The molecule has 25 heavy (non-hydrogen) atoms.